The zero-order valence-electron chi connectivity index (χ0n) is 22.1. The maximum Gasteiger partial charge on any atom is 0.411 e. The van der Waals surface area contributed by atoms with E-state index in [2.05, 4.69) is 6.07 Å². The summed E-state index contributed by atoms with van der Waals surface area (Å²) < 4.78 is 43.9. The van der Waals surface area contributed by atoms with E-state index in [4.69, 9.17) is 4.74 Å². The van der Waals surface area contributed by atoms with E-state index in [1.54, 1.807) is 49.9 Å². The van der Waals surface area contributed by atoms with Gasteiger partial charge in [-0.1, -0.05) is 24.3 Å². The number of ether oxygens (including phenoxy) is 1. The molecule has 1 saturated heterocycles. The van der Waals surface area contributed by atoms with Gasteiger partial charge in [0.25, 0.3) is 0 Å². The van der Waals surface area contributed by atoms with Crippen molar-refractivity contribution in [2.75, 3.05) is 6.26 Å². The Morgan fingerprint density at radius 2 is 1.79 bits per heavy atom. The highest BCUT2D eigenvalue weighted by atomic mass is 32.2. The smallest absolute Gasteiger partial charge is 0.411 e. The van der Waals surface area contributed by atoms with Gasteiger partial charge in [0.2, 0.25) is 0 Å². The van der Waals surface area contributed by atoms with E-state index in [1.807, 2.05) is 0 Å². The van der Waals surface area contributed by atoms with Crippen LogP contribution in [0.5, 0.6) is 0 Å². The Morgan fingerprint density at radius 3 is 2.37 bits per heavy atom. The minimum absolute atomic E-state index is 0.0270. The fraction of sp³-hybridized carbons (Fsp3) is 0.483. The number of fused-ring (bicyclic) bond motifs is 2. The van der Waals surface area contributed by atoms with Crippen molar-refractivity contribution in [1.29, 1.82) is 5.26 Å². The minimum Gasteiger partial charge on any atom is -0.444 e. The summed E-state index contributed by atoms with van der Waals surface area (Å²) >= 11 is 0. The zero-order valence-corrected chi connectivity index (χ0v) is 22.9. The van der Waals surface area contributed by atoms with E-state index < -0.39 is 39.3 Å². The van der Waals surface area contributed by atoms with Crippen LogP contribution in [0, 0.1) is 29.0 Å². The summed E-state index contributed by atoms with van der Waals surface area (Å²) in [4.78, 5) is 28.0. The molecule has 0 unspecified atom stereocenters. The van der Waals surface area contributed by atoms with Gasteiger partial charge in [-0.2, -0.15) is 5.26 Å². The maximum atomic E-state index is 15.0. The average molecular weight is 541 g/mol. The van der Waals surface area contributed by atoms with Crippen LogP contribution in [0.25, 0.3) is 11.1 Å². The molecule has 2 aromatic carbocycles. The Bertz CT molecular complexity index is 1380. The molecular weight excluding hydrogens is 507 g/mol. The number of carbonyl (C=O) groups excluding carboxylic acids is 2. The Balaban J connectivity index is 1.45. The summed E-state index contributed by atoms with van der Waals surface area (Å²) in [7, 11) is -3.33. The summed E-state index contributed by atoms with van der Waals surface area (Å²) in [6.45, 7) is 5.35. The van der Waals surface area contributed by atoms with Gasteiger partial charge in [-0.3, -0.25) is 9.69 Å². The van der Waals surface area contributed by atoms with Crippen molar-refractivity contribution in [3.63, 3.8) is 0 Å². The van der Waals surface area contributed by atoms with Gasteiger partial charge < -0.3 is 4.74 Å². The third-order valence-electron chi connectivity index (χ3n) is 7.28. The first-order chi connectivity index (χ1) is 17.8. The second kappa shape index (κ2) is 10.5. The van der Waals surface area contributed by atoms with Crippen LogP contribution in [0.3, 0.4) is 0 Å². The predicted molar refractivity (Wildman–Crippen MR) is 140 cm³/mol. The van der Waals surface area contributed by atoms with Crippen LogP contribution in [0.1, 0.15) is 52.0 Å². The molecule has 2 fully saturated rings. The highest BCUT2D eigenvalue weighted by Crippen LogP contribution is 2.44. The number of rotatable bonds is 7. The number of hydrogen-bond donors (Lipinski definition) is 0. The number of nitrogens with zero attached hydrogens (tertiary/aromatic N) is 2. The van der Waals surface area contributed by atoms with Crippen molar-refractivity contribution in [2.45, 2.75) is 75.5 Å². The van der Waals surface area contributed by atoms with Crippen LogP contribution in [0.2, 0.25) is 0 Å². The van der Waals surface area contributed by atoms with Crippen molar-refractivity contribution >= 4 is 21.7 Å². The molecule has 4 rings (SSSR count). The Hall–Kier alpha value is -3.25. The molecule has 1 heterocycles. The van der Waals surface area contributed by atoms with Gasteiger partial charge in [-0.05, 0) is 87.3 Å². The molecule has 2 bridgehead atoms. The molecule has 1 amide bonds. The number of benzene rings is 2. The first kappa shape index (κ1) is 27.8. The highest BCUT2D eigenvalue weighted by molar-refractivity contribution is 7.90. The fourth-order valence-corrected chi connectivity index (χ4v) is 6.19. The third kappa shape index (κ3) is 6.07. The first-order valence-electron chi connectivity index (χ1n) is 12.8. The highest BCUT2D eigenvalue weighted by Gasteiger charge is 2.52. The number of sulfone groups is 1. The van der Waals surface area contributed by atoms with Crippen LogP contribution in [-0.2, 0) is 25.8 Å². The average Bonchev–Trinajstić information content (AvgIpc) is 3.45. The number of nitriles is 1. The number of amides is 1. The predicted octanol–water partition coefficient (Wildman–Crippen LogP) is 5.33. The number of halogens is 1. The summed E-state index contributed by atoms with van der Waals surface area (Å²) in [6, 6.07) is 12.4. The van der Waals surface area contributed by atoms with Gasteiger partial charge >= 0.3 is 6.09 Å². The molecule has 9 heteroatoms. The number of hydrogen-bond acceptors (Lipinski definition) is 6. The lowest BCUT2D eigenvalue weighted by molar-refractivity contribution is -0.126. The zero-order chi connectivity index (χ0) is 27.8. The van der Waals surface area contributed by atoms with Crippen LogP contribution < -0.4 is 0 Å². The van der Waals surface area contributed by atoms with Crippen molar-refractivity contribution in [3.8, 4) is 17.2 Å². The summed E-state index contributed by atoms with van der Waals surface area (Å²) in [5.41, 5.74) is 0.873. The SMILES string of the molecule is CC(C)(C)OC(=O)N1[C@@H]2CC[C@@H](C2)[C@H]1C(=O)C[C@H](C#N)Cc1ccc(-c2ccc(S(C)(=O)=O)cc2)cc1F. The van der Waals surface area contributed by atoms with Gasteiger partial charge in [-0.25, -0.2) is 17.6 Å². The third-order valence-corrected chi connectivity index (χ3v) is 8.41. The molecule has 4 atom stereocenters. The molecule has 2 aliphatic rings. The minimum atomic E-state index is -3.33. The molecule has 0 radical (unpaired) electrons. The fourth-order valence-electron chi connectivity index (χ4n) is 5.56. The Kier molecular flexibility index (Phi) is 7.67. The summed E-state index contributed by atoms with van der Waals surface area (Å²) in [6.07, 6.45) is 3.07. The lowest BCUT2D eigenvalue weighted by Crippen LogP contribution is -2.51. The number of piperidine rings is 1. The van der Waals surface area contributed by atoms with Crippen molar-refractivity contribution in [2.24, 2.45) is 11.8 Å². The van der Waals surface area contributed by atoms with E-state index >= 15 is 4.39 Å². The van der Waals surface area contributed by atoms with Crippen molar-refractivity contribution in [1.82, 2.24) is 4.90 Å². The van der Waals surface area contributed by atoms with Crippen LogP contribution in [-0.4, -0.2) is 49.1 Å². The van der Waals surface area contributed by atoms with E-state index in [1.165, 1.54) is 18.2 Å². The molecule has 7 nitrogen and oxygen atoms in total. The summed E-state index contributed by atoms with van der Waals surface area (Å²) in [5, 5.41) is 9.78. The van der Waals surface area contributed by atoms with E-state index in [9.17, 15) is 23.3 Å². The molecule has 1 saturated carbocycles. The molecule has 202 valence electrons. The monoisotopic (exact) mass is 540 g/mol. The second-order valence-corrected chi connectivity index (χ2v) is 13.4. The molecule has 0 N–H and O–H groups in total. The molecule has 1 aliphatic heterocycles. The second-order valence-electron chi connectivity index (χ2n) is 11.4. The maximum absolute atomic E-state index is 15.0. The lowest BCUT2D eigenvalue weighted by Gasteiger charge is -2.35. The molecular formula is C29H33FN2O5S. The van der Waals surface area contributed by atoms with Crippen molar-refractivity contribution < 1.29 is 27.1 Å². The number of Topliss-reactive ketones (excluding diaryl/α,β-unsaturated/α-hetero) is 1. The van der Waals surface area contributed by atoms with E-state index in [0.717, 1.165) is 25.5 Å². The molecule has 0 spiro atoms. The Morgan fingerprint density at radius 1 is 1.13 bits per heavy atom. The van der Waals surface area contributed by atoms with Crippen LogP contribution in [0.4, 0.5) is 9.18 Å². The first-order valence-corrected chi connectivity index (χ1v) is 14.7. The standard InChI is InChI=1S/C29H33FN2O5S/c1-29(2,3)37-28(34)32-23-10-7-22(15-23)27(32)26(33)14-18(17-31)13-21-6-5-20(16-25(21)30)19-8-11-24(12-9-19)38(4,35)36/h5-6,8-9,11-12,16,18,22-23,27H,7,10,13-15H2,1-4H3/t18-,22+,23-,27+/m1/s1. The van der Waals surface area contributed by atoms with Gasteiger partial charge in [-0.15, -0.1) is 0 Å². The van der Waals surface area contributed by atoms with Crippen LogP contribution >= 0.6 is 0 Å². The summed E-state index contributed by atoms with van der Waals surface area (Å²) in [5.74, 6) is -1.36. The Labute approximate surface area is 223 Å². The van der Waals surface area contributed by atoms with Crippen molar-refractivity contribution in [3.05, 3.63) is 53.8 Å². The van der Waals surface area contributed by atoms with Gasteiger partial charge in [0.1, 0.15) is 11.4 Å². The van der Waals surface area contributed by atoms with Gasteiger partial charge in [0, 0.05) is 18.7 Å². The largest absolute Gasteiger partial charge is 0.444 e. The number of likely N-dealkylation sites (tertiary alicyclic amines) is 1. The van der Waals surface area contributed by atoms with Crippen LogP contribution in [0.15, 0.2) is 47.4 Å². The van der Waals surface area contributed by atoms with Gasteiger partial charge in [0.15, 0.2) is 15.6 Å². The number of ketones is 1. The molecule has 1 aliphatic carbocycles. The number of carbonyl (C=O) groups is 2. The van der Waals surface area contributed by atoms with E-state index in [0.29, 0.717) is 16.7 Å². The quantitative estimate of drug-likeness (QED) is 0.470. The molecule has 2 aromatic rings. The van der Waals surface area contributed by atoms with Gasteiger partial charge in [0.05, 0.1) is 22.9 Å². The molecule has 38 heavy (non-hydrogen) atoms. The molecule has 0 aromatic heterocycles. The van der Waals surface area contributed by atoms with E-state index in [-0.39, 0.29) is 35.5 Å². The topological polar surface area (TPSA) is 105 Å². The lowest BCUT2D eigenvalue weighted by atomic mass is 9.87. The normalized spacial score (nSPS) is 21.7.